The summed E-state index contributed by atoms with van der Waals surface area (Å²) in [6.45, 7) is 9.65. The van der Waals surface area contributed by atoms with Gasteiger partial charge in [0.2, 0.25) is 0 Å². The third-order valence-corrected chi connectivity index (χ3v) is 2.22. The first-order valence-corrected chi connectivity index (χ1v) is 5.67. The molecule has 2 nitrogen and oxygen atoms in total. The van der Waals surface area contributed by atoms with Gasteiger partial charge in [0.05, 0.1) is 0 Å². The van der Waals surface area contributed by atoms with Gasteiger partial charge in [-0.2, -0.15) is 0 Å². The highest BCUT2D eigenvalue weighted by atomic mass is 16.6. The van der Waals surface area contributed by atoms with Gasteiger partial charge in [-0.15, -0.1) is 0 Å². The Balaban J connectivity index is 0.000000531. The van der Waals surface area contributed by atoms with E-state index in [2.05, 4.69) is 19.9 Å². The summed E-state index contributed by atoms with van der Waals surface area (Å²) in [7, 11) is 0. The molecule has 0 saturated carbocycles. The van der Waals surface area contributed by atoms with E-state index >= 15 is 0 Å². The number of fused-ring (bicyclic) bond motifs is 1. The van der Waals surface area contributed by atoms with E-state index < -0.39 is 0 Å². The molecule has 1 aliphatic rings. The van der Waals surface area contributed by atoms with E-state index in [0.29, 0.717) is 19.1 Å². The molecule has 0 spiro atoms. The zero-order chi connectivity index (χ0) is 11.3. The summed E-state index contributed by atoms with van der Waals surface area (Å²) >= 11 is 0. The molecule has 0 saturated heterocycles. The smallest absolute Gasteiger partial charge is 0.164 e. The fourth-order valence-corrected chi connectivity index (χ4v) is 1.55. The molecule has 2 rings (SSSR count). The molecular formula is C13H20O2. The van der Waals surface area contributed by atoms with Crippen molar-refractivity contribution in [1.82, 2.24) is 0 Å². The van der Waals surface area contributed by atoms with E-state index in [0.717, 1.165) is 11.5 Å². The number of hydrogen-bond donors (Lipinski definition) is 0. The van der Waals surface area contributed by atoms with Crippen LogP contribution in [0.3, 0.4) is 0 Å². The third kappa shape index (κ3) is 2.65. The zero-order valence-electron chi connectivity index (χ0n) is 10.0. The molecule has 0 fully saturated rings. The first-order chi connectivity index (χ1) is 7.29. The van der Waals surface area contributed by atoms with Crippen molar-refractivity contribution in [3.8, 4) is 11.5 Å². The van der Waals surface area contributed by atoms with Crippen LogP contribution in [-0.4, -0.2) is 13.2 Å². The van der Waals surface area contributed by atoms with Crippen molar-refractivity contribution in [2.45, 2.75) is 33.6 Å². The molecule has 0 aliphatic carbocycles. The second-order valence-corrected chi connectivity index (χ2v) is 3.53. The summed E-state index contributed by atoms with van der Waals surface area (Å²) in [6, 6.07) is 6.07. The van der Waals surface area contributed by atoms with Crippen LogP contribution in [0.5, 0.6) is 11.5 Å². The van der Waals surface area contributed by atoms with Crippen molar-refractivity contribution in [2.75, 3.05) is 13.2 Å². The van der Waals surface area contributed by atoms with Gasteiger partial charge in [-0.25, -0.2) is 0 Å². The van der Waals surface area contributed by atoms with Crippen LogP contribution in [0.2, 0.25) is 0 Å². The molecule has 0 radical (unpaired) electrons. The molecule has 1 heterocycles. The van der Waals surface area contributed by atoms with E-state index in [1.807, 2.05) is 26.0 Å². The maximum atomic E-state index is 5.59. The van der Waals surface area contributed by atoms with E-state index in [9.17, 15) is 0 Å². The predicted octanol–water partition coefficient (Wildman–Crippen LogP) is 3.61. The average molecular weight is 208 g/mol. The van der Waals surface area contributed by atoms with E-state index in [-0.39, 0.29) is 0 Å². The molecule has 0 amide bonds. The van der Waals surface area contributed by atoms with Gasteiger partial charge in [0, 0.05) is 5.56 Å². The fourth-order valence-electron chi connectivity index (χ4n) is 1.55. The second-order valence-electron chi connectivity index (χ2n) is 3.53. The van der Waals surface area contributed by atoms with Gasteiger partial charge < -0.3 is 9.47 Å². The molecule has 1 aromatic rings. The van der Waals surface area contributed by atoms with Crippen molar-refractivity contribution in [3.63, 3.8) is 0 Å². The van der Waals surface area contributed by atoms with E-state index in [4.69, 9.17) is 9.47 Å². The molecule has 0 unspecified atom stereocenters. The summed E-state index contributed by atoms with van der Waals surface area (Å²) < 4.78 is 11.1. The van der Waals surface area contributed by atoms with E-state index in [1.165, 1.54) is 5.56 Å². The van der Waals surface area contributed by atoms with Crippen molar-refractivity contribution in [1.29, 1.82) is 0 Å². The van der Waals surface area contributed by atoms with Gasteiger partial charge in [-0.1, -0.05) is 39.8 Å². The molecule has 15 heavy (non-hydrogen) atoms. The molecular weight excluding hydrogens is 188 g/mol. The highest BCUT2D eigenvalue weighted by Crippen LogP contribution is 2.37. The predicted molar refractivity (Wildman–Crippen MR) is 62.9 cm³/mol. The monoisotopic (exact) mass is 208 g/mol. The minimum Gasteiger partial charge on any atom is -0.486 e. The SMILES string of the molecule is CC.CC(C)c1cccc2c1OCCO2. The van der Waals surface area contributed by atoms with Crippen molar-refractivity contribution in [2.24, 2.45) is 0 Å². The van der Waals surface area contributed by atoms with Gasteiger partial charge in [-0.3, -0.25) is 0 Å². The lowest BCUT2D eigenvalue weighted by Gasteiger charge is -2.22. The van der Waals surface area contributed by atoms with Crippen molar-refractivity contribution < 1.29 is 9.47 Å². The summed E-state index contributed by atoms with van der Waals surface area (Å²) in [5.41, 5.74) is 1.23. The minimum atomic E-state index is 0.483. The average Bonchev–Trinajstić information content (AvgIpc) is 2.31. The third-order valence-electron chi connectivity index (χ3n) is 2.22. The standard InChI is InChI=1S/C11H14O2.C2H6/c1-8(2)9-4-3-5-10-11(9)13-7-6-12-10;1-2/h3-5,8H,6-7H2,1-2H3;1-2H3. The van der Waals surface area contributed by atoms with Crippen molar-refractivity contribution >= 4 is 0 Å². The lowest BCUT2D eigenvalue weighted by atomic mass is 10.0. The van der Waals surface area contributed by atoms with Crippen LogP contribution in [-0.2, 0) is 0 Å². The number of ether oxygens (including phenoxy) is 2. The summed E-state index contributed by atoms with van der Waals surface area (Å²) in [5.74, 6) is 2.30. The summed E-state index contributed by atoms with van der Waals surface area (Å²) in [4.78, 5) is 0. The van der Waals surface area contributed by atoms with Crippen molar-refractivity contribution in [3.05, 3.63) is 23.8 Å². The Hall–Kier alpha value is -1.18. The molecule has 0 aromatic heterocycles. The van der Waals surface area contributed by atoms with Crippen LogP contribution in [0.4, 0.5) is 0 Å². The molecule has 0 N–H and O–H groups in total. The highest BCUT2D eigenvalue weighted by molar-refractivity contribution is 5.48. The quantitative estimate of drug-likeness (QED) is 0.702. The Morgan fingerprint density at radius 3 is 2.40 bits per heavy atom. The Labute approximate surface area is 92.2 Å². The summed E-state index contributed by atoms with van der Waals surface area (Å²) in [5, 5.41) is 0. The molecule has 0 bridgehead atoms. The van der Waals surface area contributed by atoms with Crippen LogP contribution in [0, 0.1) is 0 Å². The Kier molecular flexibility index (Phi) is 4.47. The first-order valence-electron chi connectivity index (χ1n) is 5.67. The lowest BCUT2D eigenvalue weighted by Crippen LogP contribution is -2.16. The number of para-hydroxylation sites is 1. The maximum Gasteiger partial charge on any atom is 0.164 e. The topological polar surface area (TPSA) is 18.5 Å². The van der Waals surface area contributed by atoms with Crippen LogP contribution in [0.25, 0.3) is 0 Å². The van der Waals surface area contributed by atoms with Gasteiger partial charge in [-0.05, 0) is 12.0 Å². The number of hydrogen-bond acceptors (Lipinski definition) is 2. The largest absolute Gasteiger partial charge is 0.486 e. The Bertz CT molecular complexity index is 305. The van der Waals surface area contributed by atoms with Gasteiger partial charge >= 0.3 is 0 Å². The molecule has 1 aliphatic heterocycles. The minimum absolute atomic E-state index is 0.483. The normalized spacial score (nSPS) is 13.1. The van der Waals surface area contributed by atoms with Gasteiger partial charge in [0.25, 0.3) is 0 Å². The lowest BCUT2D eigenvalue weighted by molar-refractivity contribution is 0.169. The summed E-state index contributed by atoms with van der Waals surface area (Å²) in [6.07, 6.45) is 0. The maximum absolute atomic E-state index is 5.59. The molecule has 1 aromatic carbocycles. The van der Waals surface area contributed by atoms with Crippen LogP contribution >= 0.6 is 0 Å². The number of benzene rings is 1. The van der Waals surface area contributed by atoms with E-state index in [1.54, 1.807) is 0 Å². The van der Waals surface area contributed by atoms with Crippen LogP contribution in [0.1, 0.15) is 39.2 Å². The second kappa shape index (κ2) is 5.64. The van der Waals surface area contributed by atoms with Gasteiger partial charge in [0.1, 0.15) is 13.2 Å². The fraction of sp³-hybridized carbons (Fsp3) is 0.538. The number of rotatable bonds is 1. The Morgan fingerprint density at radius 2 is 1.73 bits per heavy atom. The van der Waals surface area contributed by atoms with Crippen LogP contribution < -0.4 is 9.47 Å². The van der Waals surface area contributed by atoms with Crippen LogP contribution in [0.15, 0.2) is 18.2 Å². The zero-order valence-corrected chi connectivity index (χ0v) is 10.0. The van der Waals surface area contributed by atoms with Gasteiger partial charge in [0.15, 0.2) is 11.5 Å². The Morgan fingerprint density at radius 1 is 1.07 bits per heavy atom. The molecule has 84 valence electrons. The first kappa shape index (κ1) is 11.9. The molecule has 2 heteroatoms. The highest BCUT2D eigenvalue weighted by Gasteiger charge is 2.16. The molecule has 0 atom stereocenters.